The lowest BCUT2D eigenvalue weighted by atomic mass is 9.80. The van der Waals surface area contributed by atoms with Gasteiger partial charge in [-0.25, -0.2) is 9.59 Å². The van der Waals surface area contributed by atoms with Gasteiger partial charge in [-0.2, -0.15) is 57.1 Å². The molecule has 0 aliphatic carbocycles. The molecular formula is C25H20ClF13N2O6. The number of dihydropyridines is 1. The number of methoxy groups -OCH3 is 1. The maximum Gasteiger partial charge on any atom is 0.460 e. The quantitative estimate of drug-likeness (QED) is 0.0773. The fraction of sp³-hybridized carbons (Fsp3) is 0.520. The van der Waals surface area contributed by atoms with Crippen LogP contribution in [0.25, 0.3) is 0 Å². The van der Waals surface area contributed by atoms with Gasteiger partial charge in [0.05, 0.1) is 35.7 Å². The molecule has 0 fully saturated rings. The van der Waals surface area contributed by atoms with Crippen LogP contribution in [0.15, 0.2) is 40.7 Å². The number of carbonyl (C=O) groups excluding carboxylic acids is 2. The molecule has 0 saturated heterocycles. The summed E-state index contributed by atoms with van der Waals surface area (Å²) < 4.78 is 183. The first-order chi connectivity index (χ1) is 21.1. The lowest BCUT2D eigenvalue weighted by Gasteiger charge is -2.39. The average molecular weight is 727 g/mol. The molecule has 0 spiro atoms. The fourth-order valence-electron chi connectivity index (χ4n) is 4.35. The number of hydrogen-bond donors (Lipinski definition) is 1. The molecule has 0 amide bonds. The molecule has 0 radical (unpaired) electrons. The number of esters is 2. The molecule has 1 heterocycles. The number of alkyl halides is 13. The van der Waals surface area contributed by atoms with Gasteiger partial charge in [0.2, 0.25) is 0 Å². The Labute approximate surface area is 259 Å². The summed E-state index contributed by atoms with van der Waals surface area (Å²) in [6.45, 7) is 1.09. The van der Waals surface area contributed by atoms with Gasteiger partial charge in [0, 0.05) is 23.9 Å². The minimum atomic E-state index is -8.05. The molecular weight excluding hydrogens is 707 g/mol. The van der Waals surface area contributed by atoms with Gasteiger partial charge in [-0.15, -0.1) is 0 Å². The maximum absolute atomic E-state index is 14.1. The highest BCUT2D eigenvalue weighted by molar-refractivity contribution is 6.33. The zero-order chi connectivity index (χ0) is 36.7. The highest BCUT2D eigenvalue weighted by Gasteiger charge is 2.90. The number of allylic oxidation sites excluding steroid dienone is 2. The zero-order valence-electron chi connectivity index (χ0n) is 23.6. The predicted molar refractivity (Wildman–Crippen MR) is 132 cm³/mol. The van der Waals surface area contributed by atoms with Crippen molar-refractivity contribution in [3.05, 3.63) is 61.4 Å². The van der Waals surface area contributed by atoms with E-state index in [1.54, 1.807) is 0 Å². The van der Waals surface area contributed by atoms with E-state index >= 15 is 0 Å². The van der Waals surface area contributed by atoms with Crippen molar-refractivity contribution in [2.75, 3.05) is 13.7 Å². The number of halogens is 14. The van der Waals surface area contributed by atoms with E-state index in [4.69, 9.17) is 16.3 Å². The van der Waals surface area contributed by atoms with Crippen LogP contribution in [-0.4, -0.2) is 66.4 Å². The molecule has 0 aromatic heterocycles. The van der Waals surface area contributed by atoms with E-state index in [0.29, 0.717) is 0 Å². The smallest absolute Gasteiger partial charge is 0.460 e. The van der Waals surface area contributed by atoms with Gasteiger partial charge in [-0.3, -0.25) is 10.1 Å². The Hall–Kier alpha value is -3.78. The van der Waals surface area contributed by atoms with Crippen LogP contribution < -0.4 is 5.32 Å². The topological polar surface area (TPSA) is 108 Å². The second-order valence-electron chi connectivity index (χ2n) is 9.80. The van der Waals surface area contributed by atoms with Crippen LogP contribution in [0.2, 0.25) is 5.02 Å². The van der Waals surface area contributed by atoms with Crippen molar-refractivity contribution in [2.45, 2.75) is 68.4 Å². The third-order valence-corrected chi connectivity index (χ3v) is 7.18. The molecule has 1 N–H and O–H groups in total. The zero-order valence-corrected chi connectivity index (χ0v) is 24.4. The van der Waals surface area contributed by atoms with Gasteiger partial charge < -0.3 is 14.8 Å². The van der Waals surface area contributed by atoms with Crippen molar-refractivity contribution in [1.82, 2.24) is 5.32 Å². The highest BCUT2D eigenvalue weighted by atomic mass is 35.5. The summed E-state index contributed by atoms with van der Waals surface area (Å²) >= 11 is 6.17. The first-order valence-electron chi connectivity index (χ1n) is 12.5. The molecule has 1 atom stereocenters. The van der Waals surface area contributed by atoms with E-state index in [-0.39, 0.29) is 22.5 Å². The standard InChI is InChI=1S/C25H20ClF13N2O6/c1-10-14(18(42)46-3)16(12-6-4-7-13(17(12)26)41(44)45)15(11(2)40-10)19(43)47-9-5-8-20(27,28)21(29,30)22(31,32)23(33,34)24(35,36)25(37,38)39/h4,6-7,16,40H,5,8-9H2,1-3H3. The molecule has 2 rings (SSSR count). The van der Waals surface area contributed by atoms with Crippen molar-refractivity contribution in [1.29, 1.82) is 0 Å². The fourth-order valence-corrected chi connectivity index (χ4v) is 4.66. The lowest BCUT2D eigenvalue weighted by molar-refractivity contribution is -0.440. The Balaban J connectivity index is 2.38. The van der Waals surface area contributed by atoms with E-state index < -0.39 is 94.3 Å². The van der Waals surface area contributed by atoms with Crippen molar-refractivity contribution in [2.24, 2.45) is 0 Å². The van der Waals surface area contributed by atoms with Crippen LogP contribution in [0.1, 0.15) is 38.2 Å². The minimum absolute atomic E-state index is 0.0224. The third kappa shape index (κ3) is 6.67. The molecule has 8 nitrogen and oxygen atoms in total. The van der Waals surface area contributed by atoms with E-state index in [1.165, 1.54) is 13.8 Å². The van der Waals surface area contributed by atoms with Gasteiger partial charge in [-0.05, 0) is 25.8 Å². The molecule has 22 heteroatoms. The van der Waals surface area contributed by atoms with Crippen LogP contribution in [-0.2, 0) is 19.1 Å². The summed E-state index contributed by atoms with van der Waals surface area (Å²) in [5.41, 5.74) is -2.05. The first kappa shape index (κ1) is 39.4. The van der Waals surface area contributed by atoms with Crippen molar-refractivity contribution in [3.63, 3.8) is 0 Å². The van der Waals surface area contributed by atoms with Gasteiger partial charge in [0.25, 0.3) is 5.69 Å². The third-order valence-electron chi connectivity index (χ3n) is 6.77. The first-order valence-corrected chi connectivity index (χ1v) is 12.8. The average Bonchev–Trinajstić information content (AvgIpc) is 2.93. The summed E-state index contributed by atoms with van der Waals surface area (Å²) in [7, 11) is 0.914. The number of nitrogens with one attached hydrogen (secondary N) is 1. The van der Waals surface area contributed by atoms with Crippen LogP contribution >= 0.6 is 11.6 Å². The molecule has 47 heavy (non-hydrogen) atoms. The summed E-state index contributed by atoms with van der Waals surface area (Å²) in [4.78, 5) is 36.2. The Bertz CT molecular complexity index is 1490. The maximum atomic E-state index is 14.1. The number of rotatable bonds is 12. The number of benzene rings is 1. The molecule has 1 aromatic rings. The van der Waals surface area contributed by atoms with Gasteiger partial charge in [0.1, 0.15) is 5.02 Å². The Kier molecular flexibility index (Phi) is 10.9. The Morgan fingerprint density at radius 1 is 0.851 bits per heavy atom. The van der Waals surface area contributed by atoms with E-state index in [1.807, 2.05) is 0 Å². The monoisotopic (exact) mass is 726 g/mol. The molecule has 264 valence electrons. The molecule has 0 saturated carbocycles. The number of nitro benzene ring substituents is 1. The summed E-state index contributed by atoms with van der Waals surface area (Å²) in [5, 5.41) is 13.4. The molecule has 1 aliphatic heterocycles. The number of carbonyl (C=O) groups is 2. The molecule has 1 aromatic carbocycles. The van der Waals surface area contributed by atoms with Gasteiger partial charge in [0.15, 0.2) is 0 Å². The van der Waals surface area contributed by atoms with Crippen molar-refractivity contribution in [3.8, 4) is 0 Å². The van der Waals surface area contributed by atoms with Gasteiger partial charge in [-0.1, -0.05) is 23.7 Å². The molecule has 1 aliphatic rings. The van der Waals surface area contributed by atoms with Crippen molar-refractivity contribution >= 4 is 29.2 Å². The summed E-state index contributed by atoms with van der Waals surface area (Å²) in [5.74, 6) is -42.1. The predicted octanol–water partition coefficient (Wildman–Crippen LogP) is 7.72. The number of nitrogens with zero attached hydrogens (tertiary/aromatic N) is 1. The Morgan fingerprint density at radius 3 is 1.81 bits per heavy atom. The normalized spacial score (nSPS) is 17.0. The van der Waals surface area contributed by atoms with Gasteiger partial charge >= 0.3 is 47.7 Å². The minimum Gasteiger partial charge on any atom is -0.466 e. The largest absolute Gasteiger partial charge is 0.466 e. The van der Waals surface area contributed by atoms with Crippen molar-refractivity contribution < 1.29 is 81.1 Å². The van der Waals surface area contributed by atoms with Crippen LogP contribution in [0.5, 0.6) is 0 Å². The number of hydrogen-bond acceptors (Lipinski definition) is 7. The second kappa shape index (κ2) is 13.0. The van der Waals surface area contributed by atoms with Crippen LogP contribution in [0.4, 0.5) is 62.8 Å². The molecule has 0 bridgehead atoms. The summed E-state index contributed by atoms with van der Waals surface area (Å²) in [6.07, 6.45) is -11.7. The second-order valence-corrected chi connectivity index (χ2v) is 10.2. The summed E-state index contributed by atoms with van der Waals surface area (Å²) in [6, 6.07) is 3.20. The van der Waals surface area contributed by atoms with E-state index in [2.05, 4.69) is 10.1 Å². The van der Waals surface area contributed by atoms with E-state index in [9.17, 15) is 76.8 Å². The SMILES string of the molecule is COC(=O)C1=C(C)NC(C)=C(C(=O)OCCCC(F)(F)C(F)(F)C(F)(F)C(F)(F)C(F)(F)C(F)(F)F)C1c1cccc([N+](=O)[O-])c1Cl. The molecule has 1 unspecified atom stereocenters. The Morgan fingerprint density at radius 2 is 1.34 bits per heavy atom. The van der Waals surface area contributed by atoms with Crippen LogP contribution in [0, 0.1) is 10.1 Å². The number of ether oxygens (including phenoxy) is 2. The lowest BCUT2D eigenvalue weighted by Crippen LogP contribution is -2.70. The highest BCUT2D eigenvalue weighted by Crippen LogP contribution is 2.60. The van der Waals surface area contributed by atoms with E-state index in [0.717, 1.165) is 25.3 Å². The van der Waals surface area contributed by atoms with Crippen LogP contribution in [0.3, 0.4) is 0 Å². The number of nitro groups is 1.